The molecule has 0 spiro atoms. The van der Waals surface area contributed by atoms with Gasteiger partial charge in [0.15, 0.2) is 0 Å². The molecular weight excluding hydrogens is 234 g/mol. The summed E-state index contributed by atoms with van der Waals surface area (Å²) < 4.78 is 2.12. The lowest BCUT2D eigenvalue weighted by molar-refractivity contribution is 0.383. The minimum absolute atomic E-state index is 0.497. The Morgan fingerprint density at radius 1 is 1.37 bits per heavy atom. The molecular formula is C16H21N3. The van der Waals surface area contributed by atoms with Gasteiger partial charge >= 0.3 is 0 Å². The Kier molecular flexibility index (Phi) is 3.38. The van der Waals surface area contributed by atoms with E-state index in [2.05, 4.69) is 53.2 Å². The highest BCUT2D eigenvalue weighted by molar-refractivity contribution is 5.35. The maximum absolute atomic E-state index is 4.42. The van der Waals surface area contributed by atoms with Crippen LogP contribution in [0.15, 0.2) is 36.7 Å². The summed E-state index contributed by atoms with van der Waals surface area (Å²) in [7, 11) is 4.14. The van der Waals surface area contributed by atoms with Crippen molar-refractivity contribution in [3.63, 3.8) is 0 Å². The molecule has 100 valence electrons. The number of hydrogen-bond acceptors (Lipinski definition) is 2. The van der Waals surface area contributed by atoms with Crippen molar-refractivity contribution in [1.82, 2.24) is 14.9 Å². The van der Waals surface area contributed by atoms with Crippen LogP contribution in [-0.2, 0) is 19.9 Å². The van der Waals surface area contributed by atoms with Crippen LogP contribution in [0.1, 0.15) is 29.4 Å². The van der Waals surface area contributed by atoms with Gasteiger partial charge in [-0.3, -0.25) is 0 Å². The van der Waals surface area contributed by atoms with E-state index in [9.17, 15) is 0 Å². The molecule has 0 amide bonds. The van der Waals surface area contributed by atoms with Crippen LogP contribution in [-0.4, -0.2) is 16.6 Å². The van der Waals surface area contributed by atoms with Gasteiger partial charge in [-0.25, -0.2) is 4.98 Å². The first kappa shape index (κ1) is 12.4. The lowest BCUT2D eigenvalue weighted by Gasteiger charge is -2.19. The zero-order valence-electron chi connectivity index (χ0n) is 11.6. The van der Waals surface area contributed by atoms with E-state index in [4.69, 9.17) is 0 Å². The zero-order chi connectivity index (χ0) is 13.2. The third-order valence-corrected chi connectivity index (χ3v) is 4.31. The van der Waals surface area contributed by atoms with Crippen molar-refractivity contribution in [3.8, 4) is 0 Å². The van der Waals surface area contributed by atoms with E-state index in [0.29, 0.717) is 12.0 Å². The van der Waals surface area contributed by atoms with Crippen LogP contribution in [0.5, 0.6) is 0 Å². The van der Waals surface area contributed by atoms with E-state index in [1.807, 2.05) is 12.4 Å². The second kappa shape index (κ2) is 5.17. The van der Waals surface area contributed by atoms with Gasteiger partial charge in [0.2, 0.25) is 0 Å². The summed E-state index contributed by atoms with van der Waals surface area (Å²) in [5, 5.41) is 3.49. The smallest absolute Gasteiger partial charge is 0.108 e. The van der Waals surface area contributed by atoms with Crippen molar-refractivity contribution in [2.24, 2.45) is 13.0 Å². The first-order valence-corrected chi connectivity index (χ1v) is 7.01. The molecule has 2 aromatic rings. The Hall–Kier alpha value is -1.61. The van der Waals surface area contributed by atoms with Gasteiger partial charge in [-0.05, 0) is 36.9 Å². The molecule has 1 aromatic heterocycles. The van der Waals surface area contributed by atoms with Crippen LogP contribution in [0.3, 0.4) is 0 Å². The normalized spacial score (nSPS) is 21.6. The minimum atomic E-state index is 0.497. The third-order valence-electron chi connectivity index (χ3n) is 4.31. The van der Waals surface area contributed by atoms with E-state index in [1.165, 1.54) is 29.8 Å². The number of rotatable bonds is 4. The Bertz CT molecular complexity index is 559. The van der Waals surface area contributed by atoms with Crippen LogP contribution in [0.25, 0.3) is 0 Å². The van der Waals surface area contributed by atoms with Gasteiger partial charge in [-0.15, -0.1) is 0 Å². The predicted molar refractivity (Wildman–Crippen MR) is 77.0 cm³/mol. The van der Waals surface area contributed by atoms with Gasteiger partial charge in [0.05, 0.1) is 0 Å². The third kappa shape index (κ3) is 2.30. The fourth-order valence-electron chi connectivity index (χ4n) is 3.29. The molecule has 1 heterocycles. The number of nitrogens with zero attached hydrogens (tertiary/aromatic N) is 2. The average Bonchev–Trinajstić information content (AvgIpc) is 2.99. The number of benzene rings is 1. The second-order valence-electron chi connectivity index (χ2n) is 5.42. The van der Waals surface area contributed by atoms with Crippen LogP contribution >= 0.6 is 0 Å². The van der Waals surface area contributed by atoms with Crippen molar-refractivity contribution >= 4 is 0 Å². The molecule has 1 N–H and O–H groups in total. The van der Waals surface area contributed by atoms with E-state index >= 15 is 0 Å². The Labute approximate surface area is 114 Å². The SMILES string of the molecule is CNC1c2ccccc2CC1CCc1nccn1C. The van der Waals surface area contributed by atoms with Crippen molar-refractivity contribution in [2.45, 2.75) is 25.3 Å². The van der Waals surface area contributed by atoms with Gasteiger partial charge in [0, 0.05) is 31.9 Å². The molecule has 0 radical (unpaired) electrons. The highest BCUT2D eigenvalue weighted by atomic mass is 15.0. The van der Waals surface area contributed by atoms with E-state index in [0.717, 1.165) is 6.42 Å². The standard InChI is InChI=1S/C16H21N3/c1-17-16-13(7-8-15-18-9-10-19(15)2)11-12-5-3-4-6-14(12)16/h3-6,9-10,13,16-17H,7-8,11H2,1-2H3. The fraction of sp³-hybridized carbons (Fsp3) is 0.438. The number of hydrogen-bond donors (Lipinski definition) is 1. The van der Waals surface area contributed by atoms with Crippen molar-refractivity contribution in [1.29, 1.82) is 0 Å². The molecule has 3 rings (SSSR count). The van der Waals surface area contributed by atoms with Gasteiger partial charge in [0.25, 0.3) is 0 Å². The largest absolute Gasteiger partial charge is 0.338 e. The highest BCUT2D eigenvalue weighted by Crippen LogP contribution is 2.38. The maximum atomic E-state index is 4.42. The zero-order valence-corrected chi connectivity index (χ0v) is 11.6. The molecule has 1 aliphatic carbocycles. The van der Waals surface area contributed by atoms with Crippen LogP contribution in [0.4, 0.5) is 0 Å². The van der Waals surface area contributed by atoms with Gasteiger partial charge < -0.3 is 9.88 Å². The van der Waals surface area contributed by atoms with Gasteiger partial charge in [0.1, 0.15) is 5.82 Å². The Balaban J connectivity index is 1.71. The minimum Gasteiger partial charge on any atom is -0.338 e. The molecule has 2 atom stereocenters. The summed E-state index contributed by atoms with van der Waals surface area (Å²) in [5.74, 6) is 1.87. The van der Waals surface area contributed by atoms with Gasteiger partial charge in [-0.2, -0.15) is 0 Å². The Morgan fingerprint density at radius 2 is 2.21 bits per heavy atom. The number of aromatic nitrogens is 2. The summed E-state index contributed by atoms with van der Waals surface area (Å²) in [5.41, 5.74) is 2.99. The molecule has 1 aromatic carbocycles. The topological polar surface area (TPSA) is 29.9 Å². The Morgan fingerprint density at radius 3 is 2.95 bits per heavy atom. The lowest BCUT2D eigenvalue weighted by atomic mass is 9.95. The van der Waals surface area contributed by atoms with Crippen LogP contribution in [0, 0.1) is 5.92 Å². The quantitative estimate of drug-likeness (QED) is 0.909. The summed E-state index contributed by atoms with van der Waals surface area (Å²) in [6.07, 6.45) is 7.33. The molecule has 0 bridgehead atoms. The first-order chi connectivity index (χ1) is 9.29. The van der Waals surface area contributed by atoms with Crippen molar-refractivity contribution in [2.75, 3.05) is 7.05 Å². The summed E-state index contributed by atoms with van der Waals surface area (Å²) >= 11 is 0. The lowest BCUT2D eigenvalue weighted by Crippen LogP contribution is -2.22. The number of fused-ring (bicyclic) bond motifs is 1. The number of aryl methyl sites for hydroxylation is 2. The maximum Gasteiger partial charge on any atom is 0.108 e. The molecule has 0 aliphatic heterocycles. The summed E-state index contributed by atoms with van der Waals surface area (Å²) in [6.45, 7) is 0. The highest BCUT2D eigenvalue weighted by Gasteiger charge is 2.30. The molecule has 1 aliphatic rings. The monoisotopic (exact) mass is 255 g/mol. The second-order valence-corrected chi connectivity index (χ2v) is 5.42. The van der Waals surface area contributed by atoms with E-state index < -0.39 is 0 Å². The molecule has 2 unspecified atom stereocenters. The van der Waals surface area contributed by atoms with E-state index in [1.54, 1.807) is 0 Å². The van der Waals surface area contributed by atoms with Gasteiger partial charge in [-0.1, -0.05) is 24.3 Å². The van der Waals surface area contributed by atoms with Crippen LogP contribution in [0.2, 0.25) is 0 Å². The summed E-state index contributed by atoms with van der Waals surface area (Å²) in [4.78, 5) is 4.42. The molecule has 3 heteroatoms. The average molecular weight is 255 g/mol. The van der Waals surface area contributed by atoms with Crippen LogP contribution < -0.4 is 5.32 Å². The molecule has 0 saturated heterocycles. The number of nitrogens with one attached hydrogen (secondary N) is 1. The van der Waals surface area contributed by atoms with E-state index in [-0.39, 0.29) is 0 Å². The first-order valence-electron chi connectivity index (χ1n) is 7.01. The molecule has 19 heavy (non-hydrogen) atoms. The number of imidazole rings is 1. The summed E-state index contributed by atoms with van der Waals surface area (Å²) in [6, 6.07) is 9.31. The molecule has 0 saturated carbocycles. The van der Waals surface area contributed by atoms with Crippen molar-refractivity contribution < 1.29 is 0 Å². The van der Waals surface area contributed by atoms with Crippen molar-refractivity contribution in [3.05, 3.63) is 53.6 Å². The molecule has 3 nitrogen and oxygen atoms in total. The predicted octanol–water partition coefficient (Wildman–Crippen LogP) is 2.49. The fourth-order valence-corrected chi connectivity index (χ4v) is 3.29. The molecule has 0 fully saturated rings.